The summed E-state index contributed by atoms with van der Waals surface area (Å²) in [6.45, 7) is 0. The first kappa shape index (κ1) is 11.7. The number of nitrogens with one attached hydrogen (secondary N) is 2. The third-order valence-corrected chi connectivity index (χ3v) is 2.82. The molecule has 19 heavy (non-hydrogen) atoms. The molecular weight excluding hydrogens is 240 g/mol. The Morgan fingerprint density at radius 1 is 1.00 bits per heavy atom. The lowest BCUT2D eigenvalue weighted by Crippen LogP contribution is -2.40. The Balaban J connectivity index is 1.79. The van der Waals surface area contributed by atoms with Gasteiger partial charge in [0.05, 0.1) is 5.69 Å². The number of hydrazine groups is 2. The zero-order valence-corrected chi connectivity index (χ0v) is 10.3. The molecule has 1 aliphatic heterocycles. The largest absolute Gasteiger partial charge is 0.339 e. The Labute approximate surface area is 111 Å². The zero-order chi connectivity index (χ0) is 13.1. The van der Waals surface area contributed by atoms with Gasteiger partial charge in [-0.15, -0.1) is 9.69 Å². The van der Waals surface area contributed by atoms with Gasteiger partial charge in [-0.3, -0.25) is 0 Å². The van der Waals surface area contributed by atoms with Crippen LogP contribution in [0.25, 0.3) is 0 Å². The van der Waals surface area contributed by atoms with Crippen molar-refractivity contribution in [2.24, 2.45) is 0 Å². The van der Waals surface area contributed by atoms with Crippen molar-refractivity contribution in [1.82, 2.24) is 5.43 Å². The summed E-state index contributed by atoms with van der Waals surface area (Å²) >= 11 is 0. The Kier molecular flexibility index (Phi) is 3.14. The predicted molar refractivity (Wildman–Crippen MR) is 74.5 cm³/mol. The van der Waals surface area contributed by atoms with E-state index in [1.807, 2.05) is 60.7 Å². The Morgan fingerprint density at radius 3 is 2.32 bits per heavy atom. The molecule has 3 N–H and O–H groups in total. The van der Waals surface area contributed by atoms with Gasteiger partial charge in [0.2, 0.25) is 0 Å². The second-order valence-electron chi connectivity index (χ2n) is 4.21. The average Bonchev–Trinajstić information content (AvgIpc) is 2.82. The molecule has 0 spiro atoms. The number of nitrogens with zero attached hydrogens (tertiary/aromatic N) is 2. The van der Waals surface area contributed by atoms with E-state index in [2.05, 4.69) is 10.9 Å². The predicted octanol–water partition coefficient (Wildman–Crippen LogP) is 1.35. The number of hydrogen-bond donors (Lipinski definition) is 3. The fourth-order valence-electron chi connectivity index (χ4n) is 1.89. The highest BCUT2D eigenvalue weighted by Crippen LogP contribution is 2.13. The molecule has 0 saturated heterocycles. The van der Waals surface area contributed by atoms with Gasteiger partial charge < -0.3 is 5.11 Å². The smallest absolute Gasteiger partial charge is 0.311 e. The summed E-state index contributed by atoms with van der Waals surface area (Å²) < 4.78 is 1.60. The van der Waals surface area contributed by atoms with Gasteiger partial charge >= 0.3 is 6.35 Å². The molecular formula is C14H15N4O+. The van der Waals surface area contributed by atoms with Gasteiger partial charge in [0.25, 0.3) is 6.34 Å². The van der Waals surface area contributed by atoms with E-state index in [9.17, 15) is 5.11 Å². The summed E-state index contributed by atoms with van der Waals surface area (Å²) in [6.07, 6.45) is 0.952. The maximum absolute atomic E-state index is 9.96. The lowest BCUT2D eigenvalue weighted by Gasteiger charge is -2.08. The van der Waals surface area contributed by atoms with Gasteiger partial charge in [-0.1, -0.05) is 41.8 Å². The number of hydrogen-bond acceptors (Lipinski definition) is 4. The second-order valence-corrected chi connectivity index (χ2v) is 4.21. The maximum atomic E-state index is 9.96. The van der Waals surface area contributed by atoms with E-state index in [1.165, 1.54) is 0 Å². The SMILES string of the molecule is OC1NN(c2ccccc2)C=[N+]1Nc1ccccc1. The van der Waals surface area contributed by atoms with Crippen molar-refractivity contribution in [3.8, 4) is 0 Å². The number of rotatable bonds is 3. The molecule has 1 heterocycles. The van der Waals surface area contributed by atoms with E-state index in [4.69, 9.17) is 0 Å². The fraction of sp³-hybridized carbons (Fsp3) is 0.0714. The van der Waals surface area contributed by atoms with Gasteiger partial charge in [0.1, 0.15) is 5.69 Å². The zero-order valence-electron chi connectivity index (χ0n) is 10.3. The van der Waals surface area contributed by atoms with Gasteiger partial charge in [0, 0.05) is 0 Å². The van der Waals surface area contributed by atoms with E-state index < -0.39 is 6.35 Å². The minimum absolute atomic E-state index is 0.819. The van der Waals surface area contributed by atoms with Crippen LogP contribution in [0.15, 0.2) is 60.7 Å². The molecule has 5 heteroatoms. The Hall–Kier alpha value is -2.37. The molecule has 3 rings (SSSR count). The number of para-hydroxylation sites is 2. The number of anilines is 2. The van der Waals surface area contributed by atoms with Gasteiger partial charge in [-0.25, -0.2) is 5.43 Å². The monoisotopic (exact) mass is 255 g/mol. The van der Waals surface area contributed by atoms with Crippen molar-refractivity contribution in [3.05, 3.63) is 60.7 Å². The van der Waals surface area contributed by atoms with Crippen LogP contribution in [0.3, 0.4) is 0 Å². The van der Waals surface area contributed by atoms with Crippen molar-refractivity contribution in [2.75, 3.05) is 10.4 Å². The van der Waals surface area contributed by atoms with Crippen LogP contribution < -0.4 is 15.9 Å². The first-order chi connectivity index (χ1) is 9.33. The third-order valence-electron chi connectivity index (χ3n) is 2.82. The average molecular weight is 255 g/mol. The van der Waals surface area contributed by atoms with Crippen LogP contribution in [0.5, 0.6) is 0 Å². The Morgan fingerprint density at radius 2 is 1.63 bits per heavy atom. The van der Waals surface area contributed by atoms with Crippen LogP contribution in [0, 0.1) is 0 Å². The molecule has 5 nitrogen and oxygen atoms in total. The highest BCUT2D eigenvalue weighted by molar-refractivity contribution is 5.75. The number of hydrazone groups is 1. The van der Waals surface area contributed by atoms with Crippen molar-refractivity contribution in [1.29, 1.82) is 0 Å². The van der Waals surface area contributed by atoms with Crippen molar-refractivity contribution < 1.29 is 9.79 Å². The molecule has 0 aliphatic carbocycles. The summed E-state index contributed by atoms with van der Waals surface area (Å²) in [4.78, 5) is 0. The third kappa shape index (κ3) is 2.57. The standard InChI is InChI=1S/C14H15N4O/c19-14-16-17(13-9-5-2-6-10-13)11-18(14)15-12-7-3-1-4-8-12/h1-11,14-16,19H/q+1. The molecule has 1 unspecified atom stereocenters. The van der Waals surface area contributed by atoms with E-state index >= 15 is 0 Å². The molecule has 96 valence electrons. The van der Waals surface area contributed by atoms with Crippen LogP contribution in [0.1, 0.15) is 0 Å². The minimum atomic E-state index is -0.819. The van der Waals surface area contributed by atoms with E-state index in [1.54, 1.807) is 16.0 Å². The van der Waals surface area contributed by atoms with Crippen LogP contribution in [-0.4, -0.2) is 22.5 Å². The van der Waals surface area contributed by atoms with Crippen LogP contribution >= 0.6 is 0 Å². The summed E-state index contributed by atoms with van der Waals surface area (Å²) in [5.74, 6) is 0. The summed E-state index contributed by atoms with van der Waals surface area (Å²) in [5, 5.41) is 11.7. The normalized spacial score (nSPS) is 18.3. The van der Waals surface area contributed by atoms with Crippen LogP contribution in [-0.2, 0) is 0 Å². The highest BCUT2D eigenvalue weighted by Gasteiger charge is 2.29. The number of aliphatic hydroxyl groups excluding tert-OH is 1. The molecule has 0 aromatic heterocycles. The molecule has 0 saturated carbocycles. The van der Waals surface area contributed by atoms with E-state index in [0.29, 0.717) is 0 Å². The van der Waals surface area contributed by atoms with Crippen molar-refractivity contribution >= 4 is 17.7 Å². The quantitative estimate of drug-likeness (QED) is 0.725. The van der Waals surface area contributed by atoms with Gasteiger partial charge in [-0.05, 0) is 24.3 Å². The first-order valence-corrected chi connectivity index (χ1v) is 6.06. The van der Waals surface area contributed by atoms with Crippen LogP contribution in [0.4, 0.5) is 11.4 Å². The summed E-state index contributed by atoms with van der Waals surface area (Å²) in [5.41, 5.74) is 7.92. The Bertz CT molecular complexity index is 571. The highest BCUT2D eigenvalue weighted by atomic mass is 16.3. The van der Waals surface area contributed by atoms with Gasteiger partial charge in [0.15, 0.2) is 0 Å². The molecule has 0 fully saturated rings. The molecule has 0 radical (unpaired) electrons. The second kappa shape index (κ2) is 5.09. The molecule has 2 aromatic carbocycles. The molecule has 1 aliphatic rings. The molecule has 0 amide bonds. The van der Waals surface area contributed by atoms with E-state index in [-0.39, 0.29) is 0 Å². The molecule has 0 bridgehead atoms. The van der Waals surface area contributed by atoms with Crippen molar-refractivity contribution in [3.63, 3.8) is 0 Å². The first-order valence-electron chi connectivity index (χ1n) is 6.06. The number of aliphatic hydroxyl groups is 1. The lowest BCUT2D eigenvalue weighted by atomic mass is 10.3. The van der Waals surface area contributed by atoms with Crippen molar-refractivity contribution in [2.45, 2.75) is 6.35 Å². The molecule has 2 aromatic rings. The summed E-state index contributed by atoms with van der Waals surface area (Å²) in [6, 6.07) is 19.5. The topological polar surface area (TPSA) is 50.5 Å². The maximum Gasteiger partial charge on any atom is 0.311 e. The molecule has 1 atom stereocenters. The number of benzene rings is 2. The lowest BCUT2D eigenvalue weighted by molar-refractivity contribution is -0.576. The van der Waals surface area contributed by atoms with Crippen LogP contribution in [0.2, 0.25) is 0 Å². The minimum Gasteiger partial charge on any atom is -0.339 e. The van der Waals surface area contributed by atoms with Gasteiger partial charge in [-0.2, -0.15) is 0 Å². The van der Waals surface area contributed by atoms with E-state index in [0.717, 1.165) is 11.4 Å². The summed E-state index contributed by atoms with van der Waals surface area (Å²) in [7, 11) is 0. The fourth-order valence-corrected chi connectivity index (χ4v) is 1.89.